The number of rotatable bonds is 5. The zero-order chi connectivity index (χ0) is 13.0. The van der Waals surface area contributed by atoms with Gasteiger partial charge in [0.1, 0.15) is 0 Å². The molecule has 0 aromatic carbocycles. The van der Waals surface area contributed by atoms with Gasteiger partial charge in [-0.2, -0.15) is 0 Å². The fourth-order valence-electron chi connectivity index (χ4n) is 2.28. The maximum Gasteiger partial charge on any atom is 0.306 e. The molecule has 1 aromatic rings. The van der Waals surface area contributed by atoms with Crippen LogP contribution < -0.4 is 5.32 Å². The van der Waals surface area contributed by atoms with E-state index in [0.29, 0.717) is 24.4 Å². The van der Waals surface area contributed by atoms with Crippen LogP contribution in [0.2, 0.25) is 0 Å². The van der Waals surface area contributed by atoms with Crippen molar-refractivity contribution in [1.82, 2.24) is 15.5 Å². The summed E-state index contributed by atoms with van der Waals surface area (Å²) in [6, 6.07) is 0.359. The zero-order valence-corrected chi connectivity index (χ0v) is 10.6. The molecule has 0 unspecified atom stereocenters. The molecule has 0 atom stereocenters. The Kier molecular flexibility index (Phi) is 4.30. The highest BCUT2D eigenvalue weighted by molar-refractivity contribution is 5.70. The van der Waals surface area contributed by atoms with Crippen molar-refractivity contribution in [3.8, 4) is 0 Å². The van der Waals surface area contributed by atoms with Crippen molar-refractivity contribution in [2.75, 3.05) is 0 Å². The lowest BCUT2D eigenvalue weighted by Gasteiger charge is -2.26. The van der Waals surface area contributed by atoms with Crippen LogP contribution in [0.1, 0.15) is 44.4 Å². The quantitative estimate of drug-likeness (QED) is 0.823. The second-order valence-corrected chi connectivity index (χ2v) is 4.71. The molecule has 6 heteroatoms. The van der Waals surface area contributed by atoms with E-state index < -0.39 is 5.97 Å². The van der Waals surface area contributed by atoms with Crippen LogP contribution in [0.5, 0.6) is 0 Å². The van der Waals surface area contributed by atoms with Gasteiger partial charge in [-0.05, 0) is 25.7 Å². The standard InChI is InChI=1S/C12H19N3O3/c1-2-10-14-15-11(18-10)7-13-9-5-3-8(4-6-9)12(16)17/h8-9,13H,2-7H2,1H3,(H,16,17). The van der Waals surface area contributed by atoms with Crippen molar-refractivity contribution in [3.63, 3.8) is 0 Å². The molecule has 2 rings (SSSR count). The van der Waals surface area contributed by atoms with Gasteiger partial charge in [0.05, 0.1) is 12.5 Å². The maximum atomic E-state index is 10.8. The number of aryl methyl sites for hydroxylation is 1. The van der Waals surface area contributed by atoms with E-state index in [1.165, 1.54) is 0 Å². The minimum Gasteiger partial charge on any atom is -0.481 e. The first-order valence-corrected chi connectivity index (χ1v) is 6.46. The average molecular weight is 253 g/mol. The van der Waals surface area contributed by atoms with Gasteiger partial charge in [0.25, 0.3) is 0 Å². The number of nitrogens with zero attached hydrogens (tertiary/aromatic N) is 2. The van der Waals surface area contributed by atoms with Crippen molar-refractivity contribution >= 4 is 5.97 Å². The highest BCUT2D eigenvalue weighted by atomic mass is 16.4. The molecule has 0 amide bonds. The summed E-state index contributed by atoms with van der Waals surface area (Å²) >= 11 is 0. The van der Waals surface area contributed by atoms with Gasteiger partial charge in [0, 0.05) is 12.5 Å². The second-order valence-electron chi connectivity index (χ2n) is 4.71. The molecular weight excluding hydrogens is 234 g/mol. The topological polar surface area (TPSA) is 88.2 Å². The fourth-order valence-corrected chi connectivity index (χ4v) is 2.28. The van der Waals surface area contributed by atoms with Crippen LogP contribution in [-0.4, -0.2) is 27.3 Å². The molecule has 0 saturated heterocycles. The Morgan fingerprint density at radius 2 is 2.00 bits per heavy atom. The molecule has 0 aliphatic heterocycles. The smallest absolute Gasteiger partial charge is 0.306 e. The molecule has 1 aromatic heterocycles. The number of carbonyl (C=O) groups is 1. The van der Waals surface area contributed by atoms with Crippen molar-refractivity contribution in [1.29, 1.82) is 0 Å². The van der Waals surface area contributed by atoms with Gasteiger partial charge in [0.15, 0.2) is 0 Å². The Labute approximate surface area is 106 Å². The van der Waals surface area contributed by atoms with E-state index in [9.17, 15) is 4.79 Å². The molecule has 0 spiro atoms. The fraction of sp³-hybridized carbons (Fsp3) is 0.750. The number of aromatic nitrogens is 2. The lowest BCUT2D eigenvalue weighted by molar-refractivity contribution is -0.142. The Morgan fingerprint density at radius 3 is 2.56 bits per heavy atom. The van der Waals surface area contributed by atoms with E-state index in [0.717, 1.165) is 32.1 Å². The van der Waals surface area contributed by atoms with Gasteiger partial charge in [-0.25, -0.2) is 0 Å². The highest BCUT2D eigenvalue weighted by Crippen LogP contribution is 2.24. The van der Waals surface area contributed by atoms with Gasteiger partial charge in [0.2, 0.25) is 11.8 Å². The Balaban J connectivity index is 1.73. The van der Waals surface area contributed by atoms with Crippen LogP contribution in [0.3, 0.4) is 0 Å². The van der Waals surface area contributed by atoms with Gasteiger partial charge in [-0.15, -0.1) is 10.2 Å². The van der Waals surface area contributed by atoms with Gasteiger partial charge >= 0.3 is 5.97 Å². The molecule has 0 radical (unpaired) electrons. The number of hydrogen-bond acceptors (Lipinski definition) is 5. The summed E-state index contributed by atoms with van der Waals surface area (Å²) in [5.41, 5.74) is 0. The van der Waals surface area contributed by atoms with Crippen LogP contribution in [0.25, 0.3) is 0 Å². The summed E-state index contributed by atoms with van der Waals surface area (Å²) in [6.07, 6.45) is 4.03. The molecule has 1 aliphatic carbocycles. The Morgan fingerprint density at radius 1 is 1.33 bits per heavy atom. The van der Waals surface area contributed by atoms with E-state index >= 15 is 0 Å². The van der Waals surface area contributed by atoms with Crippen LogP contribution in [0.15, 0.2) is 4.42 Å². The lowest BCUT2D eigenvalue weighted by Crippen LogP contribution is -2.34. The van der Waals surface area contributed by atoms with E-state index in [2.05, 4.69) is 15.5 Å². The lowest BCUT2D eigenvalue weighted by atomic mass is 9.86. The van der Waals surface area contributed by atoms with Crippen molar-refractivity contribution in [3.05, 3.63) is 11.8 Å². The largest absolute Gasteiger partial charge is 0.481 e. The molecule has 100 valence electrons. The molecular formula is C12H19N3O3. The normalized spacial score (nSPS) is 24.1. The van der Waals surface area contributed by atoms with Crippen LogP contribution >= 0.6 is 0 Å². The van der Waals surface area contributed by atoms with Crippen LogP contribution in [0, 0.1) is 5.92 Å². The Bertz CT molecular complexity index is 397. The molecule has 1 aliphatic rings. The first-order chi connectivity index (χ1) is 8.69. The molecule has 1 heterocycles. The first-order valence-electron chi connectivity index (χ1n) is 6.46. The van der Waals surface area contributed by atoms with E-state index in [-0.39, 0.29) is 5.92 Å². The summed E-state index contributed by atoms with van der Waals surface area (Å²) in [5.74, 6) is 0.421. The van der Waals surface area contributed by atoms with Gasteiger partial charge < -0.3 is 14.8 Å². The third-order valence-corrected chi connectivity index (χ3v) is 3.43. The summed E-state index contributed by atoms with van der Waals surface area (Å²) in [4.78, 5) is 10.8. The third-order valence-electron chi connectivity index (χ3n) is 3.43. The van der Waals surface area contributed by atoms with Gasteiger partial charge in [-0.3, -0.25) is 4.79 Å². The molecule has 6 nitrogen and oxygen atoms in total. The van der Waals surface area contributed by atoms with Crippen molar-refractivity contribution < 1.29 is 14.3 Å². The number of nitrogens with one attached hydrogen (secondary N) is 1. The minimum absolute atomic E-state index is 0.168. The van der Waals surface area contributed by atoms with E-state index in [1.807, 2.05) is 6.92 Å². The number of hydrogen-bond donors (Lipinski definition) is 2. The predicted octanol–water partition coefficient (Wildman–Crippen LogP) is 1.36. The van der Waals surface area contributed by atoms with Crippen molar-refractivity contribution in [2.24, 2.45) is 5.92 Å². The summed E-state index contributed by atoms with van der Waals surface area (Å²) in [7, 11) is 0. The molecule has 0 bridgehead atoms. The van der Waals surface area contributed by atoms with E-state index in [1.54, 1.807) is 0 Å². The van der Waals surface area contributed by atoms with E-state index in [4.69, 9.17) is 9.52 Å². The number of carboxylic acid groups (broad SMARTS) is 1. The molecule has 1 saturated carbocycles. The minimum atomic E-state index is -0.669. The summed E-state index contributed by atoms with van der Waals surface area (Å²) in [6.45, 7) is 2.54. The second kappa shape index (κ2) is 5.95. The SMILES string of the molecule is CCc1nnc(CNC2CCC(C(=O)O)CC2)o1. The van der Waals surface area contributed by atoms with Gasteiger partial charge in [-0.1, -0.05) is 6.92 Å². The summed E-state index contributed by atoms with van der Waals surface area (Å²) in [5, 5.41) is 20.1. The Hall–Kier alpha value is -1.43. The number of aliphatic carboxylic acids is 1. The zero-order valence-electron chi connectivity index (χ0n) is 10.6. The first kappa shape index (κ1) is 13.0. The monoisotopic (exact) mass is 253 g/mol. The van der Waals surface area contributed by atoms with Crippen LogP contribution in [-0.2, 0) is 17.8 Å². The highest BCUT2D eigenvalue weighted by Gasteiger charge is 2.25. The molecule has 1 fully saturated rings. The average Bonchev–Trinajstić information content (AvgIpc) is 2.85. The van der Waals surface area contributed by atoms with Crippen molar-refractivity contribution in [2.45, 2.75) is 51.6 Å². The van der Waals surface area contributed by atoms with Crippen LogP contribution in [0.4, 0.5) is 0 Å². The summed E-state index contributed by atoms with van der Waals surface area (Å²) < 4.78 is 5.40. The number of carboxylic acids is 1. The third kappa shape index (κ3) is 3.29. The maximum absolute atomic E-state index is 10.8. The predicted molar refractivity (Wildman–Crippen MR) is 63.9 cm³/mol. The molecule has 2 N–H and O–H groups in total. The molecule has 18 heavy (non-hydrogen) atoms.